The maximum Gasteiger partial charge on any atom is 0.335 e. The van der Waals surface area contributed by atoms with E-state index < -0.39 is 17.8 Å². The minimum atomic E-state index is -0.736. The number of carbonyl (C=O) groups excluding carboxylic acids is 3. The summed E-state index contributed by atoms with van der Waals surface area (Å²) in [4.78, 5) is 41.1. The number of rotatable bonds is 7. The summed E-state index contributed by atoms with van der Waals surface area (Å²) in [6.07, 6.45) is 2.52. The first kappa shape index (κ1) is 22.3. The molecule has 1 aliphatic heterocycles. The predicted molar refractivity (Wildman–Crippen MR) is 124 cm³/mol. The van der Waals surface area contributed by atoms with Crippen LogP contribution in [-0.2, 0) is 9.59 Å². The number of amides is 4. The van der Waals surface area contributed by atoms with E-state index in [1.54, 1.807) is 12.1 Å². The first-order chi connectivity index (χ1) is 14.9. The summed E-state index contributed by atoms with van der Waals surface area (Å²) in [5.41, 5.74) is 3.29. The van der Waals surface area contributed by atoms with E-state index in [1.807, 2.05) is 36.4 Å². The molecule has 3 rings (SSSR count). The molecule has 4 amide bonds. The van der Waals surface area contributed by atoms with Crippen LogP contribution in [0.25, 0.3) is 6.08 Å². The Bertz CT molecular complexity index is 990. The first-order valence-corrected chi connectivity index (χ1v) is 10.8. The monoisotopic (exact) mass is 419 g/mol. The molecule has 6 heteroatoms. The highest BCUT2D eigenvalue weighted by molar-refractivity contribution is 6.39. The number of barbiturate groups is 1. The second kappa shape index (κ2) is 9.60. The molecule has 0 aromatic heterocycles. The van der Waals surface area contributed by atoms with Crippen LogP contribution in [0.5, 0.6) is 0 Å². The van der Waals surface area contributed by atoms with E-state index in [0.29, 0.717) is 11.6 Å². The van der Waals surface area contributed by atoms with Crippen LogP contribution < -0.4 is 15.1 Å². The van der Waals surface area contributed by atoms with Gasteiger partial charge < -0.3 is 4.90 Å². The lowest BCUT2D eigenvalue weighted by Gasteiger charge is -2.26. The van der Waals surface area contributed by atoms with Gasteiger partial charge in [0.25, 0.3) is 11.8 Å². The number of benzene rings is 2. The van der Waals surface area contributed by atoms with Crippen molar-refractivity contribution in [1.82, 2.24) is 5.32 Å². The van der Waals surface area contributed by atoms with Crippen LogP contribution in [0.1, 0.15) is 51.2 Å². The van der Waals surface area contributed by atoms with E-state index >= 15 is 0 Å². The van der Waals surface area contributed by atoms with Gasteiger partial charge in [-0.2, -0.15) is 0 Å². The van der Waals surface area contributed by atoms with E-state index in [-0.39, 0.29) is 5.57 Å². The average molecular weight is 420 g/mol. The maximum absolute atomic E-state index is 13.1. The second-order valence-corrected chi connectivity index (χ2v) is 7.62. The van der Waals surface area contributed by atoms with Crippen molar-refractivity contribution in [3.8, 4) is 0 Å². The quantitative estimate of drug-likeness (QED) is 0.521. The topological polar surface area (TPSA) is 69.7 Å². The molecule has 1 heterocycles. The van der Waals surface area contributed by atoms with Crippen molar-refractivity contribution in [2.45, 2.75) is 40.0 Å². The van der Waals surface area contributed by atoms with Crippen LogP contribution in [0.4, 0.5) is 16.2 Å². The molecule has 1 aliphatic rings. The minimum Gasteiger partial charge on any atom is -0.372 e. The van der Waals surface area contributed by atoms with Gasteiger partial charge in [0, 0.05) is 18.8 Å². The highest BCUT2D eigenvalue weighted by atomic mass is 16.2. The van der Waals surface area contributed by atoms with E-state index in [9.17, 15) is 14.4 Å². The number of hydrogen-bond donors (Lipinski definition) is 1. The molecular formula is C25H29N3O3. The molecule has 1 saturated heterocycles. The molecule has 2 aromatic rings. The van der Waals surface area contributed by atoms with Crippen molar-refractivity contribution < 1.29 is 14.4 Å². The summed E-state index contributed by atoms with van der Waals surface area (Å²) >= 11 is 0. The highest BCUT2D eigenvalue weighted by Crippen LogP contribution is 2.26. The number of anilines is 2. The molecule has 0 radical (unpaired) electrons. The van der Waals surface area contributed by atoms with Gasteiger partial charge in [-0.15, -0.1) is 0 Å². The van der Waals surface area contributed by atoms with Gasteiger partial charge in [-0.1, -0.05) is 38.1 Å². The third-order valence-electron chi connectivity index (χ3n) is 5.77. The molecule has 1 unspecified atom stereocenters. The maximum atomic E-state index is 13.1. The van der Waals surface area contributed by atoms with Crippen LogP contribution in [0.3, 0.4) is 0 Å². The van der Waals surface area contributed by atoms with Crippen molar-refractivity contribution >= 4 is 35.3 Å². The lowest BCUT2D eigenvalue weighted by atomic mass is 9.98. The second-order valence-electron chi connectivity index (χ2n) is 7.62. The summed E-state index contributed by atoms with van der Waals surface area (Å²) < 4.78 is 0. The normalized spacial score (nSPS) is 16.5. The summed E-state index contributed by atoms with van der Waals surface area (Å²) in [5, 5.41) is 2.28. The van der Waals surface area contributed by atoms with Gasteiger partial charge in [0.2, 0.25) is 0 Å². The van der Waals surface area contributed by atoms with Gasteiger partial charge in [-0.25, -0.2) is 9.69 Å². The molecule has 1 atom stereocenters. The molecular weight excluding hydrogens is 390 g/mol. The third kappa shape index (κ3) is 4.68. The van der Waals surface area contributed by atoms with Gasteiger partial charge in [-0.05, 0) is 67.7 Å². The van der Waals surface area contributed by atoms with Crippen LogP contribution >= 0.6 is 0 Å². The zero-order valence-electron chi connectivity index (χ0n) is 18.5. The van der Waals surface area contributed by atoms with E-state index in [0.717, 1.165) is 41.2 Å². The van der Waals surface area contributed by atoms with Crippen molar-refractivity contribution in [3.63, 3.8) is 0 Å². The first-order valence-electron chi connectivity index (χ1n) is 10.8. The lowest BCUT2D eigenvalue weighted by molar-refractivity contribution is -0.122. The number of imide groups is 2. The number of nitrogens with one attached hydrogen (secondary N) is 1. The molecule has 0 aliphatic carbocycles. The number of urea groups is 1. The largest absolute Gasteiger partial charge is 0.372 e. The summed E-state index contributed by atoms with van der Waals surface area (Å²) in [6.45, 7) is 10.2. The van der Waals surface area contributed by atoms with E-state index in [1.165, 1.54) is 6.08 Å². The Labute approximate surface area is 183 Å². The molecule has 2 aromatic carbocycles. The Kier molecular flexibility index (Phi) is 6.90. The summed E-state index contributed by atoms with van der Waals surface area (Å²) in [7, 11) is 0. The summed E-state index contributed by atoms with van der Waals surface area (Å²) in [6, 6.07) is 14.2. The molecule has 6 nitrogen and oxygen atoms in total. The Morgan fingerprint density at radius 1 is 0.935 bits per heavy atom. The fraction of sp³-hybridized carbons (Fsp3) is 0.320. The van der Waals surface area contributed by atoms with Gasteiger partial charge in [0.1, 0.15) is 5.57 Å². The van der Waals surface area contributed by atoms with Crippen molar-refractivity contribution in [3.05, 3.63) is 65.2 Å². The highest BCUT2D eigenvalue weighted by Gasteiger charge is 2.36. The minimum absolute atomic E-state index is 0.0683. The van der Waals surface area contributed by atoms with Crippen LogP contribution in [0, 0.1) is 0 Å². The molecule has 0 spiro atoms. The third-order valence-corrected chi connectivity index (χ3v) is 5.77. The molecule has 0 bridgehead atoms. The van der Waals surface area contributed by atoms with E-state index in [2.05, 4.69) is 37.9 Å². The van der Waals surface area contributed by atoms with Crippen LogP contribution in [-0.4, -0.2) is 30.9 Å². The SMILES string of the molecule is CCC(C)c1ccc(N2C(=O)NC(=O)C(=Cc3ccc(N(CC)CC)cc3)C2=O)cc1. The smallest absolute Gasteiger partial charge is 0.335 e. The number of hydrogen-bond acceptors (Lipinski definition) is 4. The average Bonchev–Trinajstić information content (AvgIpc) is 2.78. The standard InChI is InChI=1S/C25H29N3O3/c1-5-17(4)19-10-14-21(15-11-19)28-24(30)22(23(29)26-25(28)31)16-18-8-12-20(13-9-18)27(6-2)7-3/h8-17H,5-7H2,1-4H3,(H,26,29,31). The number of nitrogens with zero attached hydrogens (tertiary/aromatic N) is 2. The van der Waals surface area contributed by atoms with Crippen molar-refractivity contribution in [2.75, 3.05) is 22.9 Å². The Morgan fingerprint density at radius 3 is 2.10 bits per heavy atom. The Hall–Kier alpha value is -3.41. The van der Waals surface area contributed by atoms with Gasteiger partial charge in [0.05, 0.1) is 5.69 Å². The molecule has 31 heavy (non-hydrogen) atoms. The van der Waals surface area contributed by atoms with Gasteiger partial charge in [0.15, 0.2) is 0 Å². The summed E-state index contributed by atoms with van der Waals surface area (Å²) in [5.74, 6) is -0.926. The van der Waals surface area contributed by atoms with Crippen LogP contribution in [0.2, 0.25) is 0 Å². The zero-order chi connectivity index (χ0) is 22.5. The van der Waals surface area contributed by atoms with Crippen LogP contribution in [0.15, 0.2) is 54.1 Å². The molecule has 1 N–H and O–H groups in total. The zero-order valence-corrected chi connectivity index (χ0v) is 18.5. The fourth-order valence-electron chi connectivity index (χ4n) is 3.62. The molecule has 0 saturated carbocycles. The van der Waals surface area contributed by atoms with E-state index in [4.69, 9.17) is 0 Å². The Balaban J connectivity index is 1.88. The fourth-order valence-corrected chi connectivity index (χ4v) is 3.62. The predicted octanol–water partition coefficient (Wildman–Crippen LogP) is 4.71. The van der Waals surface area contributed by atoms with Gasteiger partial charge in [-0.3, -0.25) is 14.9 Å². The number of carbonyl (C=O) groups is 3. The van der Waals surface area contributed by atoms with Gasteiger partial charge >= 0.3 is 6.03 Å². The lowest BCUT2D eigenvalue weighted by Crippen LogP contribution is -2.54. The Morgan fingerprint density at radius 2 is 1.55 bits per heavy atom. The molecule has 162 valence electrons. The van der Waals surface area contributed by atoms with Crippen molar-refractivity contribution in [2.24, 2.45) is 0 Å². The van der Waals surface area contributed by atoms with Crippen molar-refractivity contribution in [1.29, 1.82) is 0 Å². The molecule has 1 fully saturated rings.